The Labute approximate surface area is 164 Å². The number of carbonyl (C=O) groups excluding carboxylic acids is 1. The second kappa shape index (κ2) is 10.4. The van der Waals surface area contributed by atoms with Gasteiger partial charge >= 0.3 is 5.97 Å². The summed E-state index contributed by atoms with van der Waals surface area (Å²) in [6.07, 6.45) is 2.63. The molecular weight excluding hydrogens is 369 g/mol. The van der Waals surface area contributed by atoms with E-state index < -0.39 is 17.6 Å². The molecule has 0 saturated carbocycles. The first-order chi connectivity index (χ1) is 13.4. The Kier molecular flexibility index (Phi) is 8.19. The maximum absolute atomic E-state index is 13.7. The van der Waals surface area contributed by atoms with Crippen LogP contribution >= 0.6 is 0 Å². The molecule has 1 aromatic rings. The van der Waals surface area contributed by atoms with E-state index in [1.807, 2.05) is 0 Å². The third-order valence-electron chi connectivity index (χ3n) is 4.61. The van der Waals surface area contributed by atoms with Crippen LogP contribution in [0.2, 0.25) is 0 Å². The minimum Gasteiger partial charge on any atom is -0.494 e. The first-order valence-electron chi connectivity index (χ1n) is 9.26. The van der Waals surface area contributed by atoms with Crippen LogP contribution in [0.15, 0.2) is 23.4 Å². The van der Waals surface area contributed by atoms with Crippen molar-refractivity contribution in [2.45, 2.75) is 38.9 Å². The van der Waals surface area contributed by atoms with Crippen molar-refractivity contribution in [1.82, 2.24) is 0 Å². The van der Waals surface area contributed by atoms with E-state index in [0.717, 1.165) is 19.3 Å². The highest BCUT2D eigenvalue weighted by Gasteiger charge is 2.41. The molecule has 1 aliphatic heterocycles. The molecule has 0 aromatic heterocycles. The summed E-state index contributed by atoms with van der Waals surface area (Å²) in [5.41, 5.74) is 1.24. The predicted molar refractivity (Wildman–Crippen MR) is 101 cm³/mol. The Morgan fingerprint density at radius 1 is 1.29 bits per heavy atom. The molecule has 0 atom stereocenters. The lowest BCUT2D eigenvalue weighted by molar-refractivity contribution is -0.272. The third-order valence-corrected chi connectivity index (χ3v) is 4.61. The summed E-state index contributed by atoms with van der Waals surface area (Å²) in [6.45, 7) is 4.69. The SMILES string of the molecule is COC(=O)C1(C)OCC(CCCCON=C(C)c2ccc(OC)c(F)c2)CO1. The minimum absolute atomic E-state index is 0.194. The van der Waals surface area contributed by atoms with Crippen molar-refractivity contribution in [3.63, 3.8) is 0 Å². The largest absolute Gasteiger partial charge is 0.494 e. The zero-order valence-corrected chi connectivity index (χ0v) is 16.8. The first kappa shape index (κ1) is 22.1. The van der Waals surface area contributed by atoms with Crippen LogP contribution in [0.25, 0.3) is 0 Å². The number of benzene rings is 1. The molecule has 1 heterocycles. The molecule has 1 aliphatic rings. The summed E-state index contributed by atoms with van der Waals surface area (Å²) in [5, 5.41) is 4.03. The number of oxime groups is 1. The standard InChI is InChI=1S/C20H28FNO6/c1-14(16-8-9-18(24-3)17(21)11-16)22-28-10-6-5-7-15-12-26-20(2,27-13-15)19(23)25-4/h8-9,11,15H,5-7,10,12-13H2,1-4H3. The summed E-state index contributed by atoms with van der Waals surface area (Å²) < 4.78 is 34.3. The third kappa shape index (κ3) is 5.90. The van der Waals surface area contributed by atoms with Gasteiger partial charge < -0.3 is 23.8 Å². The van der Waals surface area contributed by atoms with Crippen molar-refractivity contribution < 1.29 is 33.0 Å². The van der Waals surface area contributed by atoms with Crippen molar-refractivity contribution >= 4 is 11.7 Å². The lowest BCUT2D eigenvalue weighted by atomic mass is 10.0. The van der Waals surface area contributed by atoms with Gasteiger partial charge in [-0.15, -0.1) is 0 Å². The number of hydrogen-bond acceptors (Lipinski definition) is 7. The quantitative estimate of drug-likeness (QED) is 0.275. The van der Waals surface area contributed by atoms with Crippen LogP contribution in [0.3, 0.4) is 0 Å². The lowest BCUT2D eigenvalue weighted by Gasteiger charge is -2.35. The van der Waals surface area contributed by atoms with Gasteiger partial charge in [0, 0.05) is 18.4 Å². The normalized spacial score (nSPS) is 22.6. The van der Waals surface area contributed by atoms with Gasteiger partial charge in [-0.3, -0.25) is 0 Å². The van der Waals surface area contributed by atoms with Gasteiger partial charge in [0.25, 0.3) is 5.79 Å². The molecule has 7 nitrogen and oxygen atoms in total. The monoisotopic (exact) mass is 397 g/mol. The summed E-state index contributed by atoms with van der Waals surface area (Å²) in [7, 11) is 2.73. The van der Waals surface area contributed by atoms with Crippen molar-refractivity contribution in [2.24, 2.45) is 11.1 Å². The van der Waals surface area contributed by atoms with Crippen molar-refractivity contribution in [2.75, 3.05) is 34.0 Å². The van der Waals surface area contributed by atoms with E-state index in [9.17, 15) is 9.18 Å². The number of hydrogen-bond donors (Lipinski definition) is 0. The van der Waals surface area contributed by atoms with Gasteiger partial charge in [-0.05, 0) is 44.4 Å². The number of carbonyl (C=O) groups is 1. The fraction of sp³-hybridized carbons (Fsp3) is 0.600. The van der Waals surface area contributed by atoms with E-state index >= 15 is 0 Å². The Balaban J connectivity index is 1.65. The highest BCUT2D eigenvalue weighted by Crippen LogP contribution is 2.25. The molecule has 1 fully saturated rings. The average Bonchev–Trinajstić information content (AvgIpc) is 2.71. The number of nitrogens with zero attached hydrogens (tertiary/aromatic N) is 1. The minimum atomic E-state index is -1.30. The molecule has 0 radical (unpaired) electrons. The van der Waals surface area contributed by atoms with Gasteiger partial charge in [0.15, 0.2) is 11.6 Å². The summed E-state index contributed by atoms with van der Waals surface area (Å²) in [5.74, 6) is -1.84. The van der Waals surface area contributed by atoms with E-state index in [1.165, 1.54) is 20.3 Å². The molecule has 0 amide bonds. The molecule has 0 bridgehead atoms. The zero-order chi connectivity index (χ0) is 20.6. The second-order valence-corrected chi connectivity index (χ2v) is 6.78. The Morgan fingerprint density at radius 3 is 2.61 bits per heavy atom. The molecule has 0 unspecified atom stereocenters. The highest BCUT2D eigenvalue weighted by molar-refractivity contribution is 5.98. The van der Waals surface area contributed by atoms with Crippen LogP contribution in [0, 0.1) is 11.7 Å². The fourth-order valence-electron chi connectivity index (χ4n) is 2.80. The number of methoxy groups -OCH3 is 2. The van der Waals surface area contributed by atoms with Crippen molar-refractivity contribution in [3.05, 3.63) is 29.6 Å². The molecular formula is C20H28FNO6. The average molecular weight is 397 g/mol. The maximum atomic E-state index is 13.7. The van der Waals surface area contributed by atoms with E-state index in [1.54, 1.807) is 26.0 Å². The van der Waals surface area contributed by atoms with Crippen LogP contribution < -0.4 is 4.74 Å². The zero-order valence-electron chi connectivity index (χ0n) is 16.8. The van der Waals surface area contributed by atoms with Gasteiger partial charge in [-0.2, -0.15) is 0 Å². The van der Waals surface area contributed by atoms with Crippen LogP contribution in [0.5, 0.6) is 5.75 Å². The van der Waals surface area contributed by atoms with Gasteiger partial charge in [-0.1, -0.05) is 5.16 Å². The van der Waals surface area contributed by atoms with Crippen LogP contribution in [-0.4, -0.2) is 51.5 Å². The van der Waals surface area contributed by atoms with Crippen LogP contribution in [-0.2, 0) is 23.8 Å². The summed E-state index contributed by atoms with van der Waals surface area (Å²) in [4.78, 5) is 16.9. The molecule has 1 aromatic carbocycles. The van der Waals surface area contributed by atoms with E-state index in [2.05, 4.69) is 9.89 Å². The van der Waals surface area contributed by atoms with Gasteiger partial charge in [0.2, 0.25) is 0 Å². The molecule has 28 heavy (non-hydrogen) atoms. The number of rotatable bonds is 9. The smallest absolute Gasteiger partial charge is 0.366 e. The Hall–Kier alpha value is -2.19. The summed E-state index contributed by atoms with van der Waals surface area (Å²) in [6, 6.07) is 4.66. The number of unbranched alkanes of at least 4 members (excludes halogenated alkanes) is 1. The Bertz CT molecular complexity index is 685. The van der Waals surface area contributed by atoms with E-state index in [-0.39, 0.29) is 11.7 Å². The number of halogens is 1. The maximum Gasteiger partial charge on any atom is 0.366 e. The van der Waals surface area contributed by atoms with E-state index in [4.69, 9.17) is 19.0 Å². The molecule has 0 spiro atoms. The van der Waals surface area contributed by atoms with Gasteiger partial charge in [0.1, 0.15) is 6.61 Å². The summed E-state index contributed by atoms with van der Waals surface area (Å²) >= 11 is 0. The molecule has 0 N–H and O–H groups in total. The molecule has 8 heteroatoms. The van der Waals surface area contributed by atoms with Gasteiger partial charge in [0.05, 0.1) is 33.1 Å². The Morgan fingerprint density at radius 2 is 2.00 bits per heavy atom. The van der Waals surface area contributed by atoms with Crippen molar-refractivity contribution in [1.29, 1.82) is 0 Å². The molecule has 2 rings (SSSR count). The fourth-order valence-corrected chi connectivity index (χ4v) is 2.80. The predicted octanol–water partition coefficient (Wildman–Crippen LogP) is 3.30. The van der Waals surface area contributed by atoms with Crippen molar-refractivity contribution in [3.8, 4) is 5.75 Å². The topological polar surface area (TPSA) is 75.6 Å². The first-order valence-corrected chi connectivity index (χ1v) is 9.26. The highest BCUT2D eigenvalue weighted by atomic mass is 19.1. The number of ether oxygens (including phenoxy) is 4. The molecule has 156 valence electrons. The number of esters is 1. The van der Waals surface area contributed by atoms with E-state index in [0.29, 0.717) is 31.1 Å². The lowest BCUT2D eigenvalue weighted by Crippen LogP contribution is -2.48. The molecule has 0 aliphatic carbocycles. The molecule has 1 saturated heterocycles. The van der Waals surface area contributed by atoms with Crippen LogP contribution in [0.1, 0.15) is 38.7 Å². The van der Waals surface area contributed by atoms with Crippen LogP contribution in [0.4, 0.5) is 4.39 Å². The second-order valence-electron chi connectivity index (χ2n) is 6.78. The van der Waals surface area contributed by atoms with Gasteiger partial charge in [-0.25, -0.2) is 9.18 Å².